The van der Waals surface area contributed by atoms with Crippen molar-refractivity contribution >= 4 is 39.8 Å². The highest BCUT2D eigenvalue weighted by molar-refractivity contribution is 7.13. The van der Waals surface area contributed by atoms with E-state index in [0.29, 0.717) is 0 Å². The second kappa shape index (κ2) is 7.03. The summed E-state index contributed by atoms with van der Waals surface area (Å²) >= 11 is 1.60. The van der Waals surface area contributed by atoms with Gasteiger partial charge in [-0.25, -0.2) is 4.39 Å². The van der Waals surface area contributed by atoms with Gasteiger partial charge in [0.2, 0.25) is 0 Å². The van der Waals surface area contributed by atoms with Crippen LogP contribution in [0.5, 0.6) is 0 Å². The molecule has 4 rings (SSSR count). The average molecular weight is 364 g/mol. The first kappa shape index (κ1) is 16.4. The third-order valence-corrected chi connectivity index (χ3v) is 4.88. The molecule has 0 radical (unpaired) electrons. The van der Waals surface area contributed by atoms with E-state index >= 15 is 0 Å². The van der Waals surface area contributed by atoms with Crippen LogP contribution in [0.1, 0.15) is 5.56 Å². The van der Waals surface area contributed by atoms with Crippen LogP contribution in [0.25, 0.3) is 27.2 Å². The molecule has 0 atom stereocenters. The van der Waals surface area contributed by atoms with Gasteiger partial charge < -0.3 is 9.93 Å². The number of allylic oxidation sites excluding steroid dienone is 1. The predicted octanol–water partition coefficient (Wildman–Crippen LogP) is 4.58. The van der Waals surface area contributed by atoms with Crippen molar-refractivity contribution < 1.29 is 14.2 Å². The first-order valence-corrected chi connectivity index (χ1v) is 8.87. The van der Waals surface area contributed by atoms with Gasteiger partial charge in [-0.1, -0.05) is 11.2 Å². The molecule has 0 fully saturated rings. The van der Waals surface area contributed by atoms with Crippen molar-refractivity contribution in [1.82, 2.24) is 5.16 Å². The topological polar surface area (TPSA) is 66.5 Å². The third-order valence-electron chi connectivity index (χ3n) is 4.01. The van der Waals surface area contributed by atoms with Crippen LogP contribution in [-0.2, 0) is 0 Å². The van der Waals surface area contributed by atoms with Crippen molar-refractivity contribution in [3.8, 4) is 10.6 Å². The summed E-state index contributed by atoms with van der Waals surface area (Å²) in [6, 6.07) is 16.1. The fraction of sp³-hybridized carbons (Fsp3) is 0. The lowest BCUT2D eigenvalue weighted by atomic mass is 10.1. The molecule has 0 spiro atoms. The number of nitrogens with zero attached hydrogens (tertiary/aromatic N) is 1. The number of nitrogens with one attached hydrogen (secondary N) is 1. The first-order valence-electron chi connectivity index (χ1n) is 7.99. The maximum absolute atomic E-state index is 13.1. The summed E-state index contributed by atoms with van der Waals surface area (Å²) in [5, 5.41) is 16.4. The van der Waals surface area contributed by atoms with Gasteiger partial charge in [-0.05, 0) is 41.8 Å². The maximum atomic E-state index is 13.1. The molecule has 0 saturated carbocycles. The van der Waals surface area contributed by atoms with Crippen LogP contribution in [0.2, 0.25) is 0 Å². The summed E-state index contributed by atoms with van der Waals surface area (Å²) in [7, 11) is 0. The largest absolute Gasteiger partial charge is 0.354 e. The molecule has 4 nitrogen and oxygen atoms in total. The van der Waals surface area contributed by atoms with E-state index in [1.807, 2.05) is 41.0 Å². The molecule has 0 unspecified atom stereocenters. The highest BCUT2D eigenvalue weighted by atomic mass is 32.1. The quantitative estimate of drug-likeness (QED) is 0.402. The van der Waals surface area contributed by atoms with Crippen LogP contribution in [0.4, 0.5) is 10.1 Å². The van der Waals surface area contributed by atoms with Crippen molar-refractivity contribution in [2.24, 2.45) is 0 Å². The van der Waals surface area contributed by atoms with E-state index in [-0.39, 0.29) is 5.82 Å². The zero-order valence-corrected chi connectivity index (χ0v) is 14.5. The van der Waals surface area contributed by atoms with Gasteiger partial charge in [-0.15, -0.1) is 11.3 Å². The Morgan fingerprint density at radius 3 is 2.73 bits per heavy atom. The Morgan fingerprint density at radius 1 is 1.15 bits per heavy atom. The van der Waals surface area contributed by atoms with Crippen LogP contribution >= 0.6 is 11.3 Å². The van der Waals surface area contributed by atoms with E-state index in [1.165, 1.54) is 18.3 Å². The van der Waals surface area contributed by atoms with E-state index in [9.17, 15) is 4.39 Å². The third kappa shape index (κ3) is 3.20. The van der Waals surface area contributed by atoms with Crippen molar-refractivity contribution in [2.45, 2.75) is 0 Å². The molecule has 0 aliphatic rings. The van der Waals surface area contributed by atoms with Crippen LogP contribution in [0.3, 0.4) is 0 Å². The second-order valence-corrected chi connectivity index (χ2v) is 6.65. The summed E-state index contributed by atoms with van der Waals surface area (Å²) in [6.07, 6.45) is 2.95. The molecular formula is C20H15FN3OS+. The number of rotatable bonds is 5. The summed E-state index contributed by atoms with van der Waals surface area (Å²) in [5.74, 6) is 0.471. The van der Waals surface area contributed by atoms with E-state index < -0.39 is 0 Å². The standard InChI is InChI=1S/C20H14FN3OS/c21-14-4-6-15(7-5-14)23-17(9-10-22)13-3-8-18-16(12-13)20(25-24-18)19-2-1-11-26-19/h1-12,22-23H/p+1. The molecule has 2 aromatic heterocycles. The van der Waals surface area contributed by atoms with Gasteiger partial charge in [0.15, 0.2) is 5.76 Å². The maximum Gasteiger partial charge on any atom is 0.184 e. The van der Waals surface area contributed by atoms with E-state index in [2.05, 4.69) is 5.16 Å². The zero-order chi connectivity index (χ0) is 17.9. The number of nitrogens with two attached hydrogens (primary N) is 1. The van der Waals surface area contributed by atoms with Crippen molar-refractivity contribution in [1.29, 1.82) is 5.41 Å². The van der Waals surface area contributed by atoms with Crippen molar-refractivity contribution in [3.63, 3.8) is 0 Å². The molecule has 4 aromatic rings. The molecule has 128 valence electrons. The smallest absolute Gasteiger partial charge is 0.184 e. The number of hydrogen-bond donors (Lipinski definition) is 2. The van der Waals surface area contributed by atoms with Gasteiger partial charge in [0.05, 0.1) is 10.3 Å². The van der Waals surface area contributed by atoms with Crippen LogP contribution < -0.4 is 5.32 Å². The highest BCUT2D eigenvalue weighted by Crippen LogP contribution is 2.32. The summed E-state index contributed by atoms with van der Waals surface area (Å²) in [4.78, 5) is 1.02. The van der Waals surface area contributed by atoms with Crippen LogP contribution in [0, 0.1) is 11.2 Å². The number of fused-ring (bicyclic) bond motifs is 1. The Balaban J connectivity index is 1.75. The second-order valence-electron chi connectivity index (χ2n) is 5.71. The summed E-state index contributed by atoms with van der Waals surface area (Å²) in [6.45, 7) is 0. The van der Waals surface area contributed by atoms with E-state index in [0.717, 1.165) is 38.5 Å². The Bertz CT molecular complexity index is 1080. The van der Waals surface area contributed by atoms with Crippen LogP contribution in [0.15, 0.2) is 70.6 Å². The van der Waals surface area contributed by atoms with Gasteiger partial charge in [0.25, 0.3) is 0 Å². The number of aromatic nitrogens is 1. The Hall–Kier alpha value is -3.09. The fourth-order valence-corrected chi connectivity index (χ4v) is 3.48. The molecule has 0 amide bonds. The molecule has 6 heteroatoms. The predicted molar refractivity (Wildman–Crippen MR) is 102 cm³/mol. The lowest BCUT2D eigenvalue weighted by molar-refractivity contribution is -0.469. The van der Waals surface area contributed by atoms with Crippen molar-refractivity contribution in [2.75, 3.05) is 0 Å². The SMILES string of the molecule is N=CC=C([NH2+]c1ccc(F)cc1)c1ccc2noc(-c3cccs3)c2c1. The minimum atomic E-state index is -0.272. The Kier molecular flexibility index (Phi) is 4.43. The first-order chi connectivity index (χ1) is 12.7. The minimum Gasteiger partial charge on any atom is -0.354 e. The van der Waals surface area contributed by atoms with Gasteiger partial charge in [0, 0.05) is 30.0 Å². The molecule has 0 aliphatic carbocycles. The molecule has 26 heavy (non-hydrogen) atoms. The summed E-state index contributed by atoms with van der Waals surface area (Å²) in [5.41, 5.74) is 3.44. The van der Waals surface area contributed by atoms with Gasteiger partial charge in [0.1, 0.15) is 22.7 Å². The summed E-state index contributed by atoms with van der Waals surface area (Å²) < 4.78 is 18.7. The minimum absolute atomic E-state index is 0.272. The zero-order valence-electron chi connectivity index (χ0n) is 13.6. The van der Waals surface area contributed by atoms with Gasteiger partial charge in [-0.2, -0.15) is 0 Å². The molecule has 2 heterocycles. The Morgan fingerprint density at radius 2 is 2.00 bits per heavy atom. The number of hydrogen-bond acceptors (Lipinski definition) is 4. The number of halogens is 1. The molecular weight excluding hydrogens is 349 g/mol. The lowest BCUT2D eigenvalue weighted by Crippen LogP contribution is -2.74. The lowest BCUT2D eigenvalue weighted by Gasteiger charge is -2.05. The molecule has 0 aliphatic heterocycles. The van der Waals surface area contributed by atoms with E-state index in [1.54, 1.807) is 29.5 Å². The van der Waals surface area contributed by atoms with Gasteiger partial charge in [-0.3, -0.25) is 5.32 Å². The monoisotopic (exact) mass is 364 g/mol. The van der Waals surface area contributed by atoms with Gasteiger partial charge >= 0.3 is 0 Å². The van der Waals surface area contributed by atoms with Crippen molar-refractivity contribution in [3.05, 3.63) is 77.4 Å². The fourth-order valence-electron chi connectivity index (χ4n) is 2.76. The Labute approximate surface area is 153 Å². The number of benzene rings is 2. The molecule has 2 aromatic carbocycles. The molecule has 0 bridgehead atoms. The van der Waals surface area contributed by atoms with E-state index in [4.69, 9.17) is 9.93 Å². The molecule has 3 N–H and O–H groups in total. The normalized spacial score (nSPS) is 11.8. The number of quaternary nitrogens is 1. The molecule has 0 saturated heterocycles. The average Bonchev–Trinajstić information content (AvgIpc) is 3.31. The van der Waals surface area contributed by atoms with Crippen LogP contribution in [-0.4, -0.2) is 11.4 Å². The number of thiophene rings is 1. The highest BCUT2D eigenvalue weighted by Gasteiger charge is 2.15.